The van der Waals surface area contributed by atoms with Crippen LogP contribution in [0.3, 0.4) is 0 Å². The van der Waals surface area contributed by atoms with Crippen LogP contribution in [0.25, 0.3) is 0 Å². The van der Waals surface area contributed by atoms with E-state index in [4.69, 9.17) is 0 Å². The highest BCUT2D eigenvalue weighted by molar-refractivity contribution is 5.40. The predicted molar refractivity (Wildman–Crippen MR) is 65.1 cm³/mol. The number of imidazole rings is 1. The van der Waals surface area contributed by atoms with Crippen molar-refractivity contribution in [2.24, 2.45) is 0 Å². The molecule has 0 N–H and O–H groups in total. The van der Waals surface area contributed by atoms with Gasteiger partial charge in [-0.05, 0) is 31.9 Å². The van der Waals surface area contributed by atoms with E-state index < -0.39 is 0 Å². The van der Waals surface area contributed by atoms with Crippen LogP contribution in [0.5, 0.6) is 0 Å². The van der Waals surface area contributed by atoms with Gasteiger partial charge in [0.15, 0.2) is 0 Å². The first-order valence-corrected chi connectivity index (χ1v) is 5.38. The molecule has 0 fully saturated rings. The van der Waals surface area contributed by atoms with E-state index in [1.807, 2.05) is 22.9 Å². The van der Waals surface area contributed by atoms with E-state index in [0.717, 1.165) is 17.8 Å². The summed E-state index contributed by atoms with van der Waals surface area (Å²) in [5.74, 6) is 6.15. The summed E-state index contributed by atoms with van der Waals surface area (Å²) < 4.78 is 2.01. The van der Waals surface area contributed by atoms with Crippen LogP contribution < -0.4 is 0 Å². The maximum absolute atomic E-state index is 4.21. The Hall–Kier alpha value is -2.01. The van der Waals surface area contributed by atoms with Crippen molar-refractivity contribution >= 4 is 0 Å². The van der Waals surface area contributed by atoms with Crippen LogP contribution in [0, 0.1) is 18.8 Å². The maximum atomic E-state index is 4.21. The van der Waals surface area contributed by atoms with Crippen LogP contribution in [0.4, 0.5) is 0 Å². The van der Waals surface area contributed by atoms with Crippen LogP contribution in [-0.2, 0) is 6.54 Å². The Morgan fingerprint density at radius 3 is 2.56 bits per heavy atom. The molecule has 80 valence electrons. The van der Waals surface area contributed by atoms with Crippen LogP contribution in [0.1, 0.15) is 23.7 Å². The van der Waals surface area contributed by atoms with Gasteiger partial charge in [-0.3, -0.25) is 0 Å². The minimum atomic E-state index is 0.822. The van der Waals surface area contributed by atoms with E-state index in [-0.39, 0.29) is 0 Å². The highest BCUT2D eigenvalue weighted by atomic mass is 15.0. The third-order valence-corrected chi connectivity index (χ3v) is 2.38. The van der Waals surface area contributed by atoms with Crippen LogP contribution >= 0.6 is 0 Å². The van der Waals surface area contributed by atoms with Gasteiger partial charge in [-0.15, -0.1) is 0 Å². The van der Waals surface area contributed by atoms with Crippen LogP contribution in [0.2, 0.25) is 0 Å². The number of hydrogen-bond acceptors (Lipinski definition) is 1. The van der Waals surface area contributed by atoms with Crippen molar-refractivity contribution < 1.29 is 0 Å². The molecule has 0 radical (unpaired) electrons. The van der Waals surface area contributed by atoms with Crippen LogP contribution in [0.15, 0.2) is 36.8 Å². The summed E-state index contributed by atoms with van der Waals surface area (Å²) in [7, 11) is 0. The van der Waals surface area contributed by atoms with Gasteiger partial charge in [0.1, 0.15) is 5.69 Å². The summed E-state index contributed by atoms with van der Waals surface area (Å²) in [5.41, 5.74) is 3.10. The molecule has 0 unspecified atom stereocenters. The third kappa shape index (κ3) is 2.52. The molecule has 2 nitrogen and oxygen atoms in total. The lowest BCUT2D eigenvalue weighted by Crippen LogP contribution is -1.86. The van der Waals surface area contributed by atoms with Gasteiger partial charge >= 0.3 is 0 Å². The Labute approximate surface area is 96.0 Å². The van der Waals surface area contributed by atoms with Crippen molar-refractivity contribution in [3.63, 3.8) is 0 Å². The van der Waals surface area contributed by atoms with Crippen molar-refractivity contribution in [3.05, 3.63) is 53.6 Å². The number of aryl methyl sites for hydroxylation is 2. The second-order valence-electron chi connectivity index (χ2n) is 3.71. The average molecular weight is 210 g/mol. The number of aromatic nitrogens is 2. The van der Waals surface area contributed by atoms with Crippen molar-refractivity contribution in [3.8, 4) is 11.8 Å². The van der Waals surface area contributed by atoms with Gasteiger partial charge in [0.2, 0.25) is 0 Å². The predicted octanol–water partition coefficient (Wildman–Crippen LogP) is 2.61. The zero-order valence-electron chi connectivity index (χ0n) is 9.57. The molecule has 2 heteroatoms. The number of hydrogen-bond donors (Lipinski definition) is 0. The van der Waals surface area contributed by atoms with Crippen molar-refractivity contribution in [1.82, 2.24) is 9.55 Å². The van der Waals surface area contributed by atoms with E-state index >= 15 is 0 Å². The maximum Gasteiger partial charge on any atom is 0.131 e. The van der Waals surface area contributed by atoms with Gasteiger partial charge in [-0.1, -0.05) is 23.6 Å². The molecule has 0 saturated heterocycles. The average Bonchev–Trinajstić information content (AvgIpc) is 2.76. The lowest BCUT2D eigenvalue weighted by molar-refractivity contribution is 0.761. The Kier molecular flexibility index (Phi) is 3.07. The van der Waals surface area contributed by atoms with Gasteiger partial charge in [0.25, 0.3) is 0 Å². The zero-order valence-corrected chi connectivity index (χ0v) is 9.57. The second-order valence-corrected chi connectivity index (χ2v) is 3.71. The molecule has 0 aliphatic rings. The lowest BCUT2D eigenvalue weighted by atomic mass is 10.1. The molecule has 2 aromatic rings. The molecule has 2 rings (SSSR count). The van der Waals surface area contributed by atoms with Crippen molar-refractivity contribution in [2.75, 3.05) is 0 Å². The second kappa shape index (κ2) is 4.67. The van der Waals surface area contributed by atoms with E-state index in [9.17, 15) is 0 Å². The summed E-state index contributed by atoms with van der Waals surface area (Å²) in [5, 5.41) is 0. The molecule has 0 atom stereocenters. The molecule has 0 saturated carbocycles. The summed E-state index contributed by atoms with van der Waals surface area (Å²) >= 11 is 0. The molecule has 0 spiro atoms. The molecule has 0 bridgehead atoms. The Balaban J connectivity index is 2.18. The number of nitrogens with zero attached hydrogens (tertiary/aromatic N) is 2. The third-order valence-electron chi connectivity index (χ3n) is 2.38. The monoisotopic (exact) mass is 210 g/mol. The van der Waals surface area contributed by atoms with E-state index in [0.29, 0.717) is 0 Å². The smallest absolute Gasteiger partial charge is 0.131 e. The normalized spacial score (nSPS) is 9.62. The van der Waals surface area contributed by atoms with E-state index in [1.54, 1.807) is 6.33 Å². The number of benzene rings is 1. The number of rotatable bonds is 1. The largest absolute Gasteiger partial charge is 0.336 e. The fourth-order valence-corrected chi connectivity index (χ4v) is 1.37. The van der Waals surface area contributed by atoms with Crippen LogP contribution in [-0.4, -0.2) is 9.55 Å². The van der Waals surface area contributed by atoms with Gasteiger partial charge in [-0.2, -0.15) is 0 Å². The minimum Gasteiger partial charge on any atom is -0.336 e. The molecule has 0 aliphatic heterocycles. The Morgan fingerprint density at radius 1 is 1.19 bits per heavy atom. The standard InChI is InChI=1S/C14H14N2/c1-3-16-10-14(15-11-16)9-8-13-6-4-12(2)5-7-13/h4-7,10-11H,3H2,1-2H3. The highest BCUT2D eigenvalue weighted by Gasteiger charge is 1.92. The minimum absolute atomic E-state index is 0.822. The fraction of sp³-hybridized carbons (Fsp3) is 0.214. The van der Waals surface area contributed by atoms with Gasteiger partial charge in [0, 0.05) is 18.3 Å². The van der Waals surface area contributed by atoms with Crippen molar-refractivity contribution in [1.29, 1.82) is 0 Å². The summed E-state index contributed by atoms with van der Waals surface area (Å²) in [6.07, 6.45) is 3.76. The van der Waals surface area contributed by atoms with E-state index in [2.05, 4.69) is 42.8 Å². The van der Waals surface area contributed by atoms with Gasteiger partial charge in [0.05, 0.1) is 6.33 Å². The fourth-order valence-electron chi connectivity index (χ4n) is 1.37. The molecule has 1 aromatic carbocycles. The molecule has 1 heterocycles. The van der Waals surface area contributed by atoms with Crippen molar-refractivity contribution in [2.45, 2.75) is 20.4 Å². The topological polar surface area (TPSA) is 17.8 Å². The highest BCUT2D eigenvalue weighted by Crippen LogP contribution is 2.01. The van der Waals surface area contributed by atoms with E-state index in [1.165, 1.54) is 5.56 Å². The summed E-state index contributed by atoms with van der Waals surface area (Å²) in [6, 6.07) is 8.18. The Bertz CT molecular complexity index is 524. The molecule has 0 aliphatic carbocycles. The SMILES string of the molecule is CCn1cnc(C#Cc2ccc(C)cc2)c1. The zero-order chi connectivity index (χ0) is 11.4. The first-order valence-electron chi connectivity index (χ1n) is 5.38. The molecule has 1 aromatic heterocycles. The Morgan fingerprint density at radius 2 is 1.94 bits per heavy atom. The quantitative estimate of drug-likeness (QED) is 0.661. The molecule has 16 heavy (non-hydrogen) atoms. The summed E-state index contributed by atoms with van der Waals surface area (Å²) in [6.45, 7) is 5.08. The van der Waals surface area contributed by atoms with Gasteiger partial charge in [-0.25, -0.2) is 4.98 Å². The molecular weight excluding hydrogens is 196 g/mol. The lowest BCUT2D eigenvalue weighted by Gasteiger charge is -1.91. The summed E-state index contributed by atoms with van der Waals surface area (Å²) in [4.78, 5) is 4.21. The van der Waals surface area contributed by atoms with Gasteiger partial charge < -0.3 is 4.57 Å². The first-order chi connectivity index (χ1) is 7.78. The molecular formula is C14H14N2. The first kappa shape index (κ1) is 10.5. The molecule has 0 amide bonds.